The lowest BCUT2D eigenvalue weighted by molar-refractivity contribution is 0.0589. The maximum atomic E-state index is 10.1. The number of hydrogen-bond acceptors (Lipinski definition) is 6. The molecule has 0 radical (unpaired) electrons. The molecule has 0 aliphatic carbocycles. The van der Waals surface area contributed by atoms with Gasteiger partial charge in [0.25, 0.3) is 0 Å². The molecule has 0 saturated heterocycles. The van der Waals surface area contributed by atoms with Gasteiger partial charge in [-0.3, -0.25) is 9.98 Å². The second-order valence-electron chi connectivity index (χ2n) is 7.45. The van der Waals surface area contributed by atoms with Gasteiger partial charge in [-0.1, -0.05) is 13.8 Å². The van der Waals surface area contributed by atoms with Crippen LogP contribution in [0.1, 0.15) is 32.3 Å². The minimum atomic E-state index is -0.823. The Morgan fingerprint density at radius 2 is 1.96 bits per heavy atom. The molecular weight excluding hydrogens is 352 g/mol. The number of aliphatic imine (C=N–C) groups is 1. The minimum absolute atomic E-state index is 0.165. The first-order valence-corrected chi connectivity index (χ1v) is 9.61. The van der Waals surface area contributed by atoms with Crippen molar-refractivity contribution in [2.45, 2.75) is 37.8 Å². The molecule has 2 aromatic heterocycles. The van der Waals surface area contributed by atoms with Gasteiger partial charge in [-0.2, -0.15) is 0 Å². The maximum Gasteiger partial charge on any atom is 0.230 e. The highest BCUT2D eigenvalue weighted by Crippen LogP contribution is 2.57. The van der Waals surface area contributed by atoms with E-state index in [2.05, 4.69) is 28.7 Å². The molecule has 28 heavy (non-hydrogen) atoms. The van der Waals surface area contributed by atoms with E-state index in [1.54, 1.807) is 6.20 Å². The highest BCUT2D eigenvalue weighted by atomic mass is 16.5. The van der Waals surface area contributed by atoms with E-state index in [1.165, 1.54) is 6.20 Å². The quantitative estimate of drug-likeness (QED) is 0.723. The Kier molecular flexibility index (Phi) is 3.44. The molecule has 2 aliphatic heterocycles. The van der Waals surface area contributed by atoms with E-state index in [4.69, 9.17) is 9.73 Å². The summed E-state index contributed by atoms with van der Waals surface area (Å²) in [7, 11) is 1.98. The lowest BCUT2D eigenvalue weighted by atomic mass is 9.70. The topological polar surface area (TPSA) is 70.8 Å². The van der Waals surface area contributed by atoms with E-state index in [1.807, 2.05) is 43.6 Å². The molecule has 1 spiro atoms. The van der Waals surface area contributed by atoms with E-state index in [9.17, 15) is 5.11 Å². The Bertz CT molecular complexity index is 1120. The van der Waals surface area contributed by atoms with Gasteiger partial charge in [0.2, 0.25) is 5.72 Å². The summed E-state index contributed by atoms with van der Waals surface area (Å²) in [5.74, 6) is 1.72. The third-order valence-electron chi connectivity index (χ3n) is 6.43. The van der Waals surface area contributed by atoms with Crippen LogP contribution in [0.5, 0.6) is 11.5 Å². The smallest absolute Gasteiger partial charge is 0.230 e. The number of nitrogens with zero attached hydrogens (tertiary/aromatic N) is 4. The van der Waals surface area contributed by atoms with Crippen LogP contribution >= 0.6 is 0 Å². The number of aromatic hydroxyl groups is 1. The van der Waals surface area contributed by atoms with Crippen LogP contribution < -0.4 is 9.64 Å². The Morgan fingerprint density at radius 3 is 2.75 bits per heavy atom. The van der Waals surface area contributed by atoms with Gasteiger partial charge in [0.05, 0.1) is 23.3 Å². The van der Waals surface area contributed by atoms with Crippen molar-refractivity contribution in [3.8, 4) is 11.5 Å². The molecule has 0 saturated carbocycles. The second kappa shape index (κ2) is 5.67. The zero-order valence-corrected chi connectivity index (χ0v) is 16.2. The molecule has 0 fully saturated rings. The molecule has 6 heteroatoms. The van der Waals surface area contributed by atoms with Crippen LogP contribution in [0.2, 0.25) is 0 Å². The van der Waals surface area contributed by atoms with E-state index < -0.39 is 11.1 Å². The van der Waals surface area contributed by atoms with Gasteiger partial charge >= 0.3 is 0 Å². The third kappa shape index (κ3) is 1.90. The standard InChI is InChI=1S/C22H22N4O2/c1-4-21(5-2)16-11-14(27)12-24-20(16)26(3)22(21)13-25-18-9-8-17-15(19(18)28-22)7-6-10-23-17/h6-13,27H,4-5H2,1-3H3. The van der Waals surface area contributed by atoms with E-state index in [0.717, 1.165) is 46.6 Å². The van der Waals surface area contributed by atoms with Crippen LogP contribution in [0.3, 0.4) is 0 Å². The first-order chi connectivity index (χ1) is 13.6. The summed E-state index contributed by atoms with van der Waals surface area (Å²) < 4.78 is 6.84. The number of ether oxygens (including phenoxy) is 1. The number of pyridine rings is 2. The molecule has 1 aromatic carbocycles. The van der Waals surface area contributed by atoms with Crippen molar-refractivity contribution < 1.29 is 9.84 Å². The summed E-state index contributed by atoms with van der Waals surface area (Å²) >= 11 is 0. The van der Waals surface area contributed by atoms with Crippen LogP contribution in [0.4, 0.5) is 11.5 Å². The number of anilines is 1. The molecular formula is C22H22N4O2. The predicted molar refractivity (Wildman–Crippen MR) is 110 cm³/mol. The maximum absolute atomic E-state index is 10.1. The average Bonchev–Trinajstić information content (AvgIpc) is 2.92. The lowest BCUT2D eigenvalue weighted by Crippen LogP contribution is -2.62. The fourth-order valence-electron chi connectivity index (χ4n) is 4.91. The summed E-state index contributed by atoms with van der Waals surface area (Å²) in [6.45, 7) is 4.30. The molecule has 0 amide bonds. The van der Waals surface area contributed by atoms with Gasteiger partial charge in [0.1, 0.15) is 17.3 Å². The van der Waals surface area contributed by atoms with Gasteiger partial charge in [-0.15, -0.1) is 0 Å². The second-order valence-corrected chi connectivity index (χ2v) is 7.45. The highest BCUT2D eigenvalue weighted by Gasteiger charge is 2.62. The predicted octanol–water partition coefficient (Wildman–Crippen LogP) is 4.33. The summed E-state index contributed by atoms with van der Waals surface area (Å²) in [4.78, 5) is 15.8. The van der Waals surface area contributed by atoms with Gasteiger partial charge in [-0.05, 0) is 43.2 Å². The molecule has 5 rings (SSSR count). The van der Waals surface area contributed by atoms with Crippen molar-refractivity contribution in [1.82, 2.24) is 9.97 Å². The van der Waals surface area contributed by atoms with Crippen molar-refractivity contribution in [3.05, 3.63) is 48.3 Å². The average molecular weight is 374 g/mol. The van der Waals surface area contributed by atoms with Gasteiger partial charge < -0.3 is 14.7 Å². The molecule has 3 aromatic rings. The molecule has 0 bridgehead atoms. The van der Waals surface area contributed by atoms with Crippen molar-refractivity contribution in [3.63, 3.8) is 0 Å². The van der Waals surface area contributed by atoms with Crippen molar-refractivity contribution >= 4 is 28.6 Å². The number of aromatic nitrogens is 2. The first kappa shape index (κ1) is 17.0. The molecule has 142 valence electrons. The van der Waals surface area contributed by atoms with Crippen LogP contribution in [-0.4, -0.2) is 34.1 Å². The Hall–Kier alpha value is -3.15. The van der Waals surface area contributed by atoms with Crippen LogP contribution in [0.25, 0.3) is 10.9 Å². The van der Waals surface area contributed by atoms with E-state index >= 15 is 0 Å². The molecule has 1 N–H and O–H groups in total. The Morgan fingerprint density at radius 1 is 1.14 bits per heavy atom. The minimum Gasteiger partial charge on any atom is -0.506 e. The monoisotopic (exact) mass is 374 g/mol. The van der Waals surface area contributed by atoms with Gasteiger partial charge in [0.15, 0.2) is 5.75 Å². The van der Waals surface area contributed by atoms with E-state index in [0.29, 0.717) is 0 Å². The van der Waals surface area contributed by atoms with Crippen LogP contribution in [0, 0.1) is 0 Å². The number of fused-ring (bicyclic) bond motifs is 4. The van der Waals surface area contributed by atoms with Gasteiger partial charge in [-0.25, -0.2) is 4.98 Å². The number of likely N-dealkylation sites (N-methyl/N-ethyl adjacent to an activating group) is 1. The van der Waals surface area contributed by atoms with Crippen molar-refractivity contribution in [2.24, 2.45) is 4.99 Å². The highest BCUT2D eigenvalue weighted by molar-refractivity contribution is 5.95. The van der Waals surface area contributed by atoms with E-state index in [-0.39, 0.29) is 5.75 Å². The lowest BCUT2D eigenvalue weighted by Gasteiger charge is -2.47. The Labute approximate surface area is 163 Å². The summed E-state index contributed by atoms with van der Waals surface area (Å²) in [5, 5.41) is 11.1. The summed E-state index contributed by atoms with van der Waals surface area (Å²) in [6.07, 6.45) is 6.80. The van der Waals surface area contributed by atoms with Crippen molar-refractivity contribution in [2.75, 3.05) is 11.9 Å². The normalized spacial score (nSPS) is 21.6. The zero-order chi connectivity index (χ0) is 19.5. The summed E-state index contributed by atoms with van der Waals surface area (Å²) in [5.41, 5.74) is 1.45. The third-order valence-corrected chi connectivity index (χ3v) is 6.43. The first-order valence-electron chi connectivity index (χ1n) is 9.61. The molecule has 2 aliphatic rings. The number of hydrogen-bond donors (Lipinski definition) is 1. The van der Waals surface area contributed by atoms with Crippen LogP contribution in [0.15, 0.2) is 47.7 Å². The zero-order valence-electron chi connectivity index (χ0n) is 16.2. The fourth-order valence-corrected chi connectivity index (χ4v) is 4.91. The molecule has 6 nitrogen and oxygen atoms in total. The largest absolute Gasteiger partial charge is 0.506 e. The summed E-state index contributed by atoms with van der Waals surface area (Å²) in [6, 6.07) is 9.65. The fraction of sp³-hybridized carbons (Fsp3) is 0.318. The van der Waals surface area contributed by atoms with Crippen LogP contribution in [-0.2, 0) is 5.41 Å². The molecule has 1 unspecified atom stereocenters. The number of rotatable bonds is 2. The molecule has 4 heterocycles. The number of benzene rings is 1. The van der Waals surface area contributed by atoms with Crippen molar-refractivity contribution in [1.29, 1.82) is 0 Å². The molecule has 1 atom stereocenters. The Balaban J connectivity index is 1.78. The van der Waals surface area contributed by atoms with Gasteiger partial charge in [0, 0.05) is 24.2 Å². The SMILES string of the molecule is CCC1(CC)c2cc(O)cnc2N(C)C12C=Nc1ccc3ncccc3c1O2.